The van der Waals surface area contributed by atoms with Gasteiger partial charge in [-0.3, -0.25) is 0 Å². The Hall–Kier alpha value is 0.530. The van der Waals surface area contributed by atoms with Gasteiger partial charge in [0.05, 0.1) is 5.69 Å². The monoisotopic (exact) mass is 440 g/mol. The Morgan fingerprint density at radius 3 is 2.12 bits per heavy atom. The summed E-state index contributed by atoms with van der Waals surface area (Å²) in [7, 11) is -4.64. The van der Waals surface area contributed by atoms with Gasteiger partial charge in [-0.05, 0) is 34.1 Å². The van der Waals surface area contributed by atoms with E-state index in [1.165, 1.54) is 0 Å². The van der Waals surface area contributed by atoms with Gasteiger partial charge < -0.3 is 20.1 Å². The highest BCUT2D eigenvalue weighted by atomic mass is 79.9. The predicted octanol–water partition coefficient (Wildman–Crippen LogP) is 2.51. The first kappa shape index (κ1) is 16.5. The number of hydrogen-bond donors (Lipinski definition) is 5. The van der Waals surface area contributed by atoms with E-state index >= 15 is 0 Å². The molecule has 10 heteroatoms. The molecule has 0 radical (unpaired) electrons. The quantitative estimate of drug-likeness (QED) is 0.274. The zero-order chi connectivity index (χ0) is 12.8. The first-order chi connectivity index (χ1) is 7.24. The number of hydrogen-bond acceptors (Lipinski definition) is 3. The smallest absolute Gasteiger partial charge is 0.310 e. The molecule has 0 unspecified atom stereocenters. The molecule has 0 saturated heterocycles. The van der Waals surface area contributed by atoms with Crippen LogP contribution in [-0.2, 0) is 4.57 Å². The van der Waals surface area contributed by atoms with Gasteiger partial charge >= 0.3 is 7.82 Å². The lowest BCUT2D eigenvalue weighted by atomic mass is 10.3. The number of benzene rings is 1. The molecule has 1 rings (SSSR count). The largest absolute Gasteiger partial charge is 0.466 e. The van der Waals surface area contributed by atoms with E-state index in [9.17, 15) is 0 Å². The number of rotatable bonds is 2. The van der Waals surface area contributed by atoms with Crippen LogP contribution in [-0.4, -0.2) is 14.7 Å². The van der Waals surface area contributed by atoms with Gasteiger partial charge in [0.25, 0.3) is 0 Å². The maximum atomic E-state index is 8.88. The summed E-state index contributed by atoms with van der Waals surface area (Å²) in [5.74, 6) is 0. The zero-order valence-electron chi connectivity index (χ0n) is 7.56. The Balaban J connectivity index is 0.000000385. The molecule has 0 aliphatic rings. The van der Waals surface area contributed by atoms with Crippen LogP contribution in [0, 0.1) is 0 Å². The lowest BCUT2D eigenvalue weighted by molar-refractivity contribution is 0.275. The Morgan fingerprint density at radius 2 is 1.69 bits per heavy atom. The van der Waals surface area contributed by atoms with Crippen LogP contribution in [0.2, 0.25) is 0 Å². The molecule has 0 saturated carbocycles. The maximum Gasteiger partial charge on any atom is 0.466 e. The van der Waals surface area contributed by atoms with E-state index in [-0.39, 0.29) is 0 Å². The van der Waals surface area contributed by atoms with Gasteiger partial charge in [-0.2, -0.15) is 4.45 Å². The number of nitrogens with one attached hydrogen (secondary N) is 2. The molecule has 6 nitrogen and oxygen atoms in total. The standard InChI is InChI=1S/C6H5Br3N2.H3O4P/c7-4-1-2-5(8)6(3-4)10-11-9;1-5(2,3)4/h1-3,10-11H;(H3,1,2,3,4). The van der Waals surface area contributed by atoms with Gasteiger partial charge in [0.2, 0.25) is 0 Å². The van der Waals surface area contributed by atoms with E-state index in [4.69, 9.17) is 19.2 Å². The van der Waals surface area contributed by atoms with Crippen molar-refractivity contribution in [3.8, 4) is 0 Å². The number of halogens is 3. The van der Waals surface area contributed by atoms with Crippen molar-refractivity contribution in [3.05, 3.63) is 27.1 Å². The van der Waals surface area contributed by atoms with Crippen molar-refractivity contribution < 1.29 is 19.2 Å². The van der Waals surface area contributed by atoms with E-state index in [1.807, 2.05) is 18.2 Å². The van der Waals surface area contributed by atoms with Gasteiger partial charge in [0.1, 0.15) is 0 Å². The minimum Gasteiger partial charge on any atom is -0.310 e. The van der Waals surface area contributed by atoms with Crippen molar-refractivity contribution in [1.29, 1.82) is 0 Å². The highest BCUT2D eigenvalue weighted by Crippen LogP contribution is 2.26. The lowest BCUT2D eigenvalue weighted by Gasteiger charge is -2.05. The van der Waals surface area contributed by atoms with Gasteiger partial charge in [0.15, 0.2) is 0 Å². The second-order valence-corrected chi connectivity index (χ2v) is 5.55. The number of hydrazine groups is 1. The van der Waals surface area contributed by atoms with Crippen LogP contribution < -0.4 is 9.88 Å². The fourth-order valence-corrected chi connectivity index (χ4v) is 1.56. The Morgan fingerprint density at radius 1 is 1.19 bits per heavy atom. The van der Waals surface area contributed by atoms with E-state index in [0.717, 1.165) is 14.6 Å². The summed E-state index contributed by atoms with van der Waals surface area (Å²) in [6.45, 7) is 0. The van der Waals surface area contributed by atoms with E-state index in [2.05, 4.69) is 57.9 Å². The SMILES string of the molecule is BrNNc1cc(Br)ccc1Br.O=P(O)(O)O. The fourth-order valence-electron chi connectivity index (χ4n) is 0.644. The predicted molar refractivity (Wildman–Crippen MR) is 71.8 cm³/mol. The van der Waals surface area contributed by atoms with E-state index in [0.29, 0.717) is 0 Å². The minimum absolute atomic E-state index is 0.969. The molecule has 1 aromatic carbocycles. The second-order valence-electron chi connectivity index (χ2n) is 2.36. The van der Waals surface area contributed by atoms with Crippen LogP contribution in [0.5, 0.6) is 0 Å². The number of anilines is 1. The van der Waals surface area contributed by atoms with Crippen LogP contribution in [0.15, 0.2) is 27.1 Å². The second kappa shape index (κ2) is 7.78. The minimum atomic E-state index is -4.64. The molecule has 0 fully saturated rings. The third kappa shape index (κ3) is 9.73. The summed E-state index contributed by atoms with van der Waals surface area (Å²) in [6, 6.07) is 5.87. The molecule has 1 aromatic rings. The highest BCUT2D eigenvalue weighted by molar-refractivity contribution is 9.11. The molecular weight excluding hydrogens is 435 g/mol. The summed E-state index contributed by atoms with van der Waals surface area (Å²) in [5, 5.41) is 0. The zero-order valence-corrected chi connectivity index (χ0v) is 13.2. The first-order valence-corrected chi connectivity index (χ1v) is 7.53. The molecule has 0 bridgehead atoms. The molecule has 0 atom stereocenters. The Kier molecular flexibility index (Phi) is 8.04. The Labute approximate surface area is 117 Å². The van der Waals surface area contributed by atoms with Crippen LogP contribution in [0.3, 0.4) is 0 Å². The molecule has 16 heavy (non-hydrogen) atoms. The molecular formula is C6H8Br3N2O4P. The average molecular weight is 443 g/mol. The van der Waals surface area contributed by atoms with E-state index in [1.54, 1.807) is 0 Å². The maximum absolute atomic E-state index is 8.88. The molecule has 0 spiro atoms. The van der Waals surface area contributed by atoms with Gasteiger partial charge in [0, 0.05) is 25.1 Å². The molecule has 0 heterocycles. The highest BCUT2D eigenvalue weighted by Gasteiger charge is 2.00. The van der Waals surface area contributed by atoms with Crippen molar-refractivity contribution >= 4 is 61.5 Å². The van der Waals surface area contributed by atoms with Crippen molar-refractivity contribution in [2.45, 2.75) is 0 Å². The summed E-state index contributed by atoms with van der Waals surface area (Å²) < 4.78 is 13.6. The van der Waals surface area contributed by atoms with Crippen LogP contribution >= 0.6 is 55.8 Å². The van der Waals surface area contributed by atoms with Crippen LogP contribution in [0.1, 0.15) is 0 Å². The summed E-state index contributed by atoms with van der Waals surface area (Å²) in [5.41, 5.74) is 3.88. The molecule has 0 aromatic heterocycles. The normalized spacial score (nSPS) is 10.4. The van der Waals surface area contributed by atoms with E-state index < -0.39 is 7.82 Å². The molecule has 0 aliphatic heterocycles. The van der Waals surface area contributed by atoms with Crippen molar-refractivity contribution in [2.75, 3.05) is 5.43 Å². The average Bonchev–Trinajstić information content (AvgIpc) is 2.09. The molecule has 92 valence electrons. The third-order valence-corrected chi connectivity index (χ3v) is 2.49. The fraction of sp³-hybridized carbons (Fsp3) is 0. The Bertz CT molecular complexity index is 378. The number of phosphoric acid groups is 1. The van der Waals surface area contributed by atoms with Crippen molar-refractivity contribution in [1.82, 2.24) is 4.45 Å². The van der Waals surface area contributed by atoms with Crippen molar-refractivity contribution in [3.63, 3.8) is 0 Å². The van der Waals surface area contributed by atoms with Gasteiger partial charge in [-0.25, -0.2) is 4.57 Å². The molecule has 0 amide bonds. The topological polar surface area (TPSA) is 102 Å². The van der Waals surface area contributed by atoms with Gasteiger partial charge in [-0.15, -0.1) is 0 Å². The van der Waals surface area contributed by atoms with Crippen LogP contribution in [0.4, 0.5) is 5.69 Å². The summed E-state index contributed by atoms with van der Waals surface area (Å²) >= 11 is 9.80. The van der Waals surface area contributed by atoms with Gasteiger partial charge in [-0.1, -0.05) is 15.9 Å². The van der Waals surface area contributed by atoms with Crippen molar-refractivity contribution in [2.24, 2.45) is 0 Å². The molecule has 0 aliphatic carbocycles. The summed E-state index contributed by atoms with van der Waals surface area (Å²) in [4.78, 5) is 21.6. The first-order valence-electron chi connectivity index (χ1n) is 3.59. The third-order valence-electron chi connectivity index (χ3n) is 1.11. The van der Waals surface area contributed by atoms with Crippen LogP contribution in [0.25, 0.3) is 0 Å². The lowest BCUT2D eigenvalue weighted by Crippen LogP contribution is -2.08. The summed E-state index contributed by atoms with van der Waals surface area (Å²) in [6.07, 6.45) is 0. The molecule has 5 N–H and O–H groups in total.